The molecule has 0 spiro atoms. The highest BCUT2D eigenvalue weighted by atomic mass is 35.5. The van der Waals surface area contributed by atoms with E-state index in [-0.39, 0.29) is 18.3 Å². The Morgan fingerprint density at radius 3 is 2.92 bits per heavy atom. The van der Waals surface area contributed by atoms with Gasteiger partial charge in [0.2, 0.25) is 0 Å². The molecule has 1 aromatic heterocycles. The van der Waals surface area contributed by atoms with Crippen LogP contribution in [0.5, 0.6) is 0 Å². The highest BCUT2D eigenvalue weighted by Gasteiger charge is 2.25. The first-order valence-electron chi connectivity index (χ1n) is 8.86. The van der Waals surface area contributed by atoms with Crippen LogP contribution in [0.15, 0.2) is 0 Å². The molecule has 3 rings (SSSR count). The van der Waals surface area contributed by atoms with Crippen molar-refractivity contribution in [3.05, 3.63) is 17.0 Å². The number of rotatable bonds is 6. The van der Waals surface area contributed by atoms with Crippen LogP contribution in [0.3, 0.4) is 0 Å². The number of hydrogen-bond donors (Lipinski definition) is 2. The molecule has 1 aromatic rings. The van der Waals surface area contributed by atoms with Crippen molar-refractivity contribution in [1.82, 2.24) is 20.4 Å². The predicted molar refractivity (Wildman–Crippen MR) is 95.7 cm³/mol. The Hall–Kier alpha value is -1.11. The highest BCUT2D eigenvalue weighted by Crippen LogP contribution is 2.23. The van der Waals surface area contributed by atoms with Crippen LogP contribution >= 0.6 is 12.4 Å². The van der Waals surface area contributed by atoms with Gasteiger partial charge in [-0.2, -0.15) is 5.10 Å². The third kappa shape index (κ3) is 4.49. The quantitative estimate of drug-likeness (QED) is 0.817. The van der Waals surface area contributed by atoms with Gasteiger partial charge in [0.05, 0.1) is 13.2 Å². The molecule has 2 aliphatic rings. The lowest BCUT2D eigenvalue weighted by atomic mass is 9.89. The van der Waals surface area contributed by atoms with Gasteiger partial charge in [-0.25, -0.2) is 0 Å². The van der Waals surface area contributed by atoms with Gasteiger partial charge in [0, 0.05) is 44.4 Å². The molecular weight excluding hydrogens is 328 g/mol. The van der Waals surface area contributed by atoms with Crippen LogP contribution in [0.2, 0.25) is 0 Å². The summed E-state index contributed by atoms with van der Waals surface area (Å²) >= 11 is 0. The summed E-state index contributed by atoms with van der Waals surface area (Å²) in [6.07, 6.45) is 7.33. The first-order chi connectivity index (χ1) is 11.3. The van der Waals surface area contributed by atoms with Gasteiger partial charge in [-0.15, -0.1) is 12.4 Å². The fourth-order valence-electron chi connectivity index (χ4n) is 3.68. The summed E-state index contributed by atoms with van der Waals surface area (Å²) in [4.78, 5) is 12.6. The lowest BCUT2D eigenvalue weighted by Crippen LogP contribution is -2.32. The van der Waals surface area contributed by atoms with Crippen molar-refractivity contribution in [3.63, 3.8) is 0 Å². The van der Waals surface area contributed by atoms with Crippen LogP contribution < -0.4 is 10.6 Å². The van der Waals surface area contributed by atoms with Crippen molar-refractivity contribution in [2.24, 2.45) is 5.92 Å². The Labute approximate surface area is 150 Å². The summed E-state index contributed by atoms with van der Waals surface area (Å²) in [6, 6.07) is 0. The minimum Gasteiger partial charge on any atom is -0.383 e. The molecule has 7 heteroatoms. The van der Waals surface area contributed by atoms with E-state index in [0.29, 0.717) is 24.8 Å². The topological polar surface area (TPSA) is 68.2 Å². The number of aromatic nitrogens is 2. The Morgan fingerprint density at radius 2 is 2.17 bits per heavy atom. The Balaban J connectivity index is 0.00000208. The van der Waals surface area contributed by atoms with Crippen molar-refractivity contribution < 1.29 is 9.53 Å². The number of carbonyl (C=O) groups excluding carboxylic acids is 1. The second-order valence-corrected chi connectivity index (χ2v) is 6.63. The number of hydrogen-bond acceptors (Lipinski definition) is 4. The van der Waals surface area contributed by atoms with E-state index in [9.17, 15) is 4.79 Å². The van der Waals surface area contributed by atoms with E-state index < -0.39 is 0 Å². The first-order valence-corrected chi connectivity index (χ1v) is 8.86. The smallest absolute Gasteiger partial charge is 0.272 e. The number of ether oxygens (including phenoxy) is 1. The Morgan fingerprint density at radius 1 is 1.38 bits per heavy atom. The van der Waals surface area contributed by atoms with E-state index in [0.717, 1.165) is 31.6 Å². The molecule has 2 heterocycles. The Bertz CT molecular complexity index is 541. The first kappa shape index (κ1) is 19.2. The molecule has 6 nitrogen and oxygen atoms in total. The minimum absolute atomic E-state index is 0. The van der Waals surface area contributed by atoms with Crippen LogP contribution in [0, 0.1) is 5.92 Å². The molecular formula is C17H29ClN4O2. The molecule has 1 saturated carbocycles. The number of nitrogens with one attached hydrogen (secondary N) is 2. The molecule has 136 valence electrons. The molecule has 2 N–H and O–H groups in total. The van der Waals surface area contributed by atoms with Gasteiger partial charge >= 0.3 is 0 Å². The van der Waals surface area contributed by atoms with E-state index in [1.807, 2.05) is 4.68 Å². The average molecular weight is 357 g/mol. The van der Waals surface area contributed by atoms with Gasteiger partial charge in [0.1, 0.15) is 0 Å². The molecule has 1 aliphatic heterocycles. The molecule has 1 aliphatic carbocycles. The molecule has 0 bridgehead atoms. The van der Waals surface area contributed by atoms with E-state index in [1.54, 1.807) is 7.11 Å². The number of methoxy groups -OCH3 is 1. The highest BCUT2D eigenvalue weighted by molar-refractivity contribution is 5.94. The third-order valence-electron chi connectivity index (χ3n) is 5.01. The van der Waals surface area contributed by atoms with Gasteiger partial charge in [0.25, 0.3) is 5.91 Å². The molecule has 0 unspecified atom stereocenters. The average Bonchev–Trinajstić information content (AvgIpc) is 2.98. The summed E-state index contributed by atoms with van der Waals surface area (Å²) in [5.41, 5.74) is 2.84. The molecule has 0 aromatic carbocycles. The molecule has 0 saturated heterocycles. The van der Waals surface area contributed by atoms with E-state index >= 15 is 0 Å². The fraction of sp³-hybridized carbons (Fsp3) is 0.765. The minimum atomic E-state index is -0.0216. The van der Waals surface area contributed by atoms with Crippen LogP contribution in [0.1, 0.15) is 53.8 Å². The maximum Gasteiger partial charge on any atom is 0.272 e. The summed E-state index contributed by atoms with van der Waals surface area (Å²) in [7, 11) is 1.69. The van der Waals surface area contributed by atoms with E-state index in [4.69, 9.17) is 4.74 Å². The number of halogens is 1. The van der Waals surface area contributed by atoms with Crippen molar-refractivity contribution in [1.29, 1.82) is 0 Å². The second kappa shape index (κ2) is 9.39. The van der Waals surface area contributed by atoms with Gasteiger partial charge < -0.3 is 15.4 Å². The number of carbonyl (C=O) groups is 1. The summed E-state index contributed by atoms with van der Waals surface area (Å²) in [5.74, 6) is 0.615. The predicted octanol–water partition coefficient (Wildman–Crippen LogP) is 1.91. The lowest BCUT2D eigenvalue weighted by molar-refractivity contribution is 0.0936. The van der Waals surface area contributed by atoms with Crippen molar-refractivity contribution in [3.8, 4) is 0 Å². The fourth-order valence-corrected chi connectivity index (χ4v) is 3.68. The zero-order valence-corrected chi connectivity index (χ0v) is 15.3. The number of fused-ring (bicyclic) bond motifs is 1. The largest absolute Gasteiger partial charge is 0.383 e. The third-order valence-corrected chi connectivity index (χ3v) is 5.01. The van der Waals surface area contributed by atoms with Crippen LogP contribution in [0.4, 0.5) is 0 Å². The summed E-state index contributed by atoms with van der Waals surface area (Å²) in [6.45, 7) is 3.77. The zero-order valence-electron chi connectivity index (χ0n) is 14.5. The van der Waals surface area contributed by atoms with Crippen LogP contribution in [-0.4, -0.2) is 42.5 Å². The normalized spacial score (nSPS) is 17.9. The zero-order chi connectivity index (χ0) is 16.1. The SMILES string of the molecule is COCCn1nc(C(=O)NCC2CCCCC2)c2c1CCNC2.Cl. The summed E-state index contributed by atoms with van der Waals surface area (Å²) < 4.78 is 7.11. The second-order valence-electron chi connectivity index (χ2n) is 6.63. The maximum absolute atomic E-state index is 12.6. The van der Waals surface area contributed by atoms with Crippen molar-refractivity contribution >= 4 is 18.3 Å². The van der Waals surface area contributed by atoms with Crippen molar-refractivity contribution in [2.45, 2.75) is 51.6 Å². The molecule has 1 fully saturated rings. The Kier molecular flexibility index (Phi) is 7.52. The monoisotopic (exact) mass is 356 g/mol. The maximum atomic E-state index is 12.6. The van der Waals surface area contributed by atoms with Crippen LogP contribution in [0.25, 0.3) is 0 Å². The molecule has 0 atom stereocenters. The van der Waals surface area contributed by atoms with E-state index in [2.05, 4.69) is 15.7 Å². The standard InChI is InChI=1S/C17H28N4O2.ClH/c1-23-10-9-21-15-7-8-18-12-14(15)16(20-21)17(22)19-11-13-5-3-2-4-6-13;/h13,18H,2-12H2,1H3,(H,19,22);1H. The van der Waals surface area contributed by atoms with Gasteiger partial charge in [0.15, 0.2) is 5.69 Å². The van der Waals surface area contributed by atoms with E-state index in [1.165, 1.54) is 37.8 Å². The van der Waals surface area contributed by atoms with Gasteiger partial charge in [-0.3, -0.25) is 9.48 Å². The number of nitrogens with zero attached hydrogens (tertiary/aromatic N) is 2. The molecule has 1 amide bonds. The lowest BCUT2D eigenvalue weighted by Gasteiger charge is -2.21. The summed E-state index contributed by atoms with van der Waals surface area (Å²) in [5, 5.41) is 11.0. The molecule has 24 heavy (non-hydrogen) atoms. The van der Waals surface area contributed by atoms with Crippen LogP contribution in [-0.2, 0) is 24.2 Å². The van der Waals surface area contributed by atoms with Gasteiger partial charge in [-0.05, 0) is 18.8 Å². The van der Waals surface area contributed by atoms with Gasteiger partial charge in [-0.1, -0.05) is 19.3 Å². The molecule has 0 radical (unpaired) electrons. The number of amides is 1. The van der Waals surface area contributed by atoms with Crippen molar-refractivity contribution in [2.75, 3.05) is 26.8 Å².